The van der Waals surface area contributed by atoms with Gasteiger partial charge in [-0.15, -0.1) is 0 Å². The lowest BCUT2D eigenvalue weighted by Crippen LogP contribution is -2.24. The monoisotopic (exact) mass is 319 g/mol. The summed E-state index contributed by atoms with van der Waals surface area (Å²) in [5.41, 5.74) is 0.494. The lowest BCUT2D eigenvalue weighted by Gasteiger charge is -2.09. The third kappa shape index (κ3) is 4.16. The Bertz CT molecular complexity index is 459. The van der Waals surface area contributed by atoms with E-state index in [-0.39, 0.29) is 5.56 Å². The second-order valence-corrected chi connectivity index (χ2v) is 4.95. The predicted molar refractivity (Wildman–Crippen MR) is 74.6 cm³/mol. The van der Waals surface area contributed by atoms with Crippen molar-refractivity contribution in [2.75, 3.05) is 11.9 Å². The average molecular weight is 321 g/mol. The first-order valence-corrected chi connectivity index (χ1v) is 6.56. The SMILES string of the molecule is C=C(Cl)CNc1cnn(CCCC)c(=O)c1Br. The van der Waals surface area contributed by atoms with Gasteiger partial charge in [0.25, 0.3) is 5.56 Å². The van der Waals surface area contributed by atoms with Gasteiger partial charge in [0.1, 0.15) is 4.47 Å². The number of anilines is 1. The van der Waals surface area contributed by atoms with Crippen molar-refractivity contribution < 1.29 is 0 Å². The number of hydrogen-bond acceptors (Lipinski definition) is 3. The van der Waals surface area contributed by atoms with E-state index in [4.69, 9.17) is 11.6 Å². The van der Waals surface area contributed by atoms with Gasteiger partial charge in [-0.25, -0.2) is 4.68 Å². The van der Waals surface area contributed by atoms with Gasteiger partial charge in [-0.3, -0.25) is 4.79 Å². The fourth-order valence-electron chi connectivity index (χ4n) is 1.25. The molecule has 0 fully saturated rings. The van der Waals surface area contributed by atoms with Gasteiger partial charge < -0.3 is 5.32 Å². The van der Waals surface area contributed by atoms with Crippen LogP contribution < -0.4 is 10.9 Å². The van der Waals surface area contributed by atoms with Gasteiger partial charge in [-0.2, -0.15) is 5.10 Å². The van der Waals surface area contributed by atoms with Crippen LogP contribution in [-0.2, 0) is 6.54 Å². The van der Waals surface area contributed by atoms with Crippen molar-refractivity contribution in [2.24, 2.45) is 0 Å². The Morgan fingerprint density at radius 3 is 3.00 bits per heavy atom. The molecule has 0 saturated carbocycles. The van der Waals surface area contributed by atoms with Crippen molar-refractivity contribution in [3.63, 3.8) is 0 Å². The average Bonchev–Trinajstić information content (AvgIpc) is 2.29. The molecule has 0 bridgehead atoms. The molecule has 17 heavy (non-hydrogen) atoms. The van der Waals surface area contributed by atoms with Crippen LogP contribution in [0.3, 0.4) is 0 Å². The number of aryl methyl sites for hydroxylation is 1. The van der Waals surface area contributed by atoms with Crippen LogP contribution in [0.2, 0.25) is 0 Å². The van der Waals surface area contributed by atoms with Crippen molar-refractivity contribution >= 4 is 33.2 Å². The Morgan fingerprint density at radius 2 is 2.41 bits per heavy atom. The van der Waals surface area contributed by atoms with Crippen molar-refractivity contribution in [3.8, 4) is 0 Å². The molecule has 0 atom stereocenters. The van der Waals surface area contributed by atoms with Crippen LogP contribution in [0.15, 0.2) is 27.1 Å². The molecular weight excluding hydrogens is 305 g/mol. The zero-order valence-corrected chi connectivity index (χ0v) is 12.0. The molecule has 0 aliphatic carbocycles. The van der Waals surface area contributed by atoms with Crippen LogP contribution in [0.25, 0.3) is 0 Å². The van der Waals surface area contributed by atoms with Gasteiger partial charge in [-0.1, -0.05) is 31.5 Å². The maximum Gasteiger partial charge on any atom is 0.283 e. The Balaban J connectivity index is 2.86. The molecule has 0 aromatic carbocycles. The van der Waals surface area contributed by atoms with Crippen molar-refractivity contribution in [1.82, 2.24) is 9.78 Å². The summed E-state index contributed by atoms with van der Waals surface area (Å²) in [6, 6.07) is 0. The molecule has 94 valence electrons. The molecular formula is C11H15BrClN3O. The van der Waals surface area contributed by atoms with E-state index >= 15 is 0 Å². The van der Waals surface area contributed by atoms with Crippen LogP contribution in [-0.4, -0.2) is 16.3 Å². The highest BCUT2D eigenvalue weighted by Gasteiger charge is 2.08. The molecule has 0 spiro atoms. The minimum Gasteiger partial charge on any atom is -0.378 e. The summed E-state index contributed by atoms with van der Waals surface area (Å²) < 4.78 is 1.93. The van der Waals surface area contributed by atoms with Crippen LogP contribution in [0.4, 0.5) is 5.69 Å². The highest BCUT2D eigenvalue weighted by molar-refractivity contribution is 9.10. The third-order valence-corrected chi connectivity index (χ3v) is 3.08. The molecule has 0 amide bonds. The Labute approximate surface area is 114 Å². The van der Waals surface area contributed by atoms with Gasteiger partial charge in [0.2, 0.25) is 0 Å². The van der Waals surface area contributed by atoms with Crippen LogP contribution in [0.5, 0.6) is 0 Å². The molecule has 1 aromatic rings. The van der Waals surface area contributed by atoms with E-state index in [2.05, 4.69) is 39.8 Å². The molecule has 6 heteroatoms. The summed E-state index contributed by atoms with van der Waals surface area (Å²) in [4.78, 5) is 11.9. The maximum atomic E-state index is 11.9. The summed E-state index contributed by atoms with van der Waals surface area (Å²) in [6.45, 7) is 6.67. The Morgan fingerprint density at radius 1 is 1.71 bits per heavy atom. The zero-order chi connectivity index (χ0) is 12.8. The largest absolute Gasteiger partial charge is 0.378 e. The number of aromatic nitrogens is 2. The third-order valence-electron chi connectivity index (χ3n) is 2.18. The minimum atomic E-state index is -0.136. The molecule has 0 aliphatic heterocycles. The van der Waals surface area contributed by atoms with E-state index in [1.165, 1.54) is 4.68 Å². The number of hydrogen-bond donors (Lipinski definition) is 1. The summed E-state index contributed by atoms with van der Waals surface area (Å²) in [5.74, 6) is 0. The second kappa shape index (κ2) is 6.81. The van der Waals surface area contributed by atoms with Gasteiger partial charge in [-0.05, 0) is 22.4 Å². The second-order valence-electron chi connectivity index (χ2n) is 3.62. The highest BCUT2D eigenvalue weighted by atomic mass is 79.9. The number of unbranched alkanes of at least 4 members (excludes halogenated alkanes) is 1. The Kier molecular flexibility index (Phi) is 5.71. The van der Waals surface area contributed by atoms with E-state index < -0.39 is 0 Å². The lowest BCUT2D eigenvalue weighted by atomic mass is 10.3. The van der Waals surface area contributed by atoms with Crippen molar-refractivity contribution in [3.05, 3.63) is 32.6 Å². The number of nitrogens with one attached hydrogen (secondary N) is 1. The molecule has 0 radical (unpaired) electrons. The summed E-state index contributed by atoms with van der Waals surface area (Å²) >= 11 is 8.91. The first-order chi connectivity index (χ1) is 8.06. The molecule has 1 rings (SSSR count). The van der Waals surface area contributed by atoms with Crippen LogP contribution in [0.1, 0.15) is 19.8 Å². The number of nitrogens with zero attached hydrogens (tertiary/aromatic N) is 2. The van der Waals surface area contributed by atoms with Gasteiger partial charge >= 0.3 is 0 Å². The molecule has 0 saturated heterocycles. The standard InChI is InChI=1S/C11H15BrClN3O/c1-3-4-5-16-11(17)10(12)9(7-15-16)14-6-8(2)13/h7,14H,2-6H2,1H3. The zero-order valence-electron chi connectivity index (χ0n) is 9.67. The van der Waals surface area contributed by atoms with Gasteiger partial charge in [0.15, 0.2) is 0 Å². The molecule has 4 nitrogen and oxygen atoms in total. The fraction of sp³-hybridized carbons (Fsp3) is 0.455. The summed E-state index contributed by atoms with van der Waals surface area (Å²) in [7, 11) is 0. The Hall–Kier alpha value is -0.810. The molecule has 1 heterocycles. The molecule has 0 unspecified atom stereocenters. The minimum absolute atomic E-state index is 0.136. The fourth-order valence-corrected chi connectivity index (χ4v) is 1.76. The molecule has 1 aromatic heterocycles. The number of halogens is 2. The van der Waals surface area contributed by atoms with E-state index in [9.17, 15) is 4.79 Å². The highest BCUT2D eigenvalue weighted by Crippen LogP contribution is 2.16. The van der Waals surface area contributed by atoms with E-state index in [1.807, 2.05) is 0 Å². The quantitative estimate of drug-likeness (QED) is 0.876. The van der Waals surface area contributed by atoms with E-state index in [1.54, 1.807) is 6.20 Å². The van der Waals surface area contributed by atoms with Crippen LogP contribution in [0, 0.1) is 0 Å². The van der Waals surface area contributed by atoms with Crippen molar-refractivity contribution in [1.29, 1.82) is 0 Å². The van der Waals surface area contributed by atoms with E-state index in [0.29, 0.717) is 28.3 Å². The predicted octanol–water partition coefficient (Wildman–Crippen LogP) is 2.97. The lowest BCUT2D eigenvalue weighted by molar-refractivity contribution is 0.541. The normalized spacial score (nSPS) is 10.3. The number of rotatable bonds is 6. The van der Waals surface area contributed by atoms with Crippen LogP contribution >= 0.6 is 27.5 Å². The summed E-state index contributed by atoms with van der Waals surface area (Å²) in [6.07, 6.45) is 3.57. The summed E-state index contributed by atoms with van der Waals surface area (Å²) in [5, 5.41) is 7.55. The first kappa shape index (κ1) is 14.3. The van der Waals surface area contributed by atoms with Crippen molar-refractivity contribution in [2.45, 2.75) is 26.3 Å². The topological polar surface area (TPSA) is 46.9 Å². The first-order valence-electron chi connectivity index (χ1n) is 5.39. The maximum absolute atomic E-state index is 11.9. The van der Waals surface area contributed by atoms with Gasteiger partial charge in [0.05, 0.1) is 18.4 Å². The smallest absolute Gasteiger partial charge is 0.283 e. The molecule has 0 aliphatic rings. The van der Waals surface area contributed by atoms with Gasteiger partial charge in [0, 0.05) is 11.6 Å². The molecule has 1 N–H and O–H groups in total. The van der Waals surface area contributed by atoms with E-state index in [0.717, 1.165) is 12.8 Å².